The summed E-state index contributed by atoms with van der Waals surface area (Å²) in [5.74, 6) is 0. The van der Waals surface area contributed by atoms with E-state index in [4.69, 9.17) is 10.8 Å². The summed E-state index contributed by atoms with van der Waals surface area (Å²) >= 11 is 1.55. The molecule has 2 aromatic heterocycles. The standard InChI is InChI=1S/C16H18N4S/c17-8-12-11-6-7-14-13(15(11)21-16(12)18)9-20(19-14)10-4-2-1-3-5-10/h9-10H,1-7,18H2. The van der Waals surface area contributed by atoms with Crippen molar-refractivity contribution in [2.45, 2.75) is 51.0 Å². The number of nitrogen functional groups attached to an aromatic ring is 1. The zero-order chi connectivity index (χ0) is 14.4. The van der Waals surface area contributed by atoms with E-state index in [9.17, 15) is 5.26 Å². The molecule has 0 saturated heterocycles. The van der Waals surface area contributed by atoms with Crippen molar-refractivity contribution in [2.24, 2.45) is 0 Å². The van der Waals surface area contributed by atoms with E-state index >= 15 is 0 Å². The van der Waals surface area contributed by atoms with Crippen LogP contribution >= 0.6 is 11.3 Å². The SMILES string of the molecule is N#Cc1c(N)sc2c1CCc1nn(C3CCCCC3)cc1-2. The van der Waals surface area contributed by atoms with Crippen LogP contribution in [0.2, 0.25) is 0 Å². The van der Waals surface area contributed by atoms with Crippen LogP contribution in [0.25, 0.3) is 10.4 Å². The number of rotatable bonds is 1. The molecular weight excluding hydrogens is 280 g/mol. The number of nitriles is 1. The Bertz CT molecular complexity index is 728. The minimum atomic E-state index is 0.556. The highest BCUT2D eigenvalue weighted by atomic mass is 32.1. The smallest absolute Gasteiger partial charge is 0.105 e. The molecule has 21 heavy (non-hydrogen) atoms. The van der Waals surface area contributed by atoms with Crippen LogP contribution < -0.4 is 5.73 Å². The predicted molar refractivity (Wildman–Crippen MR) is 84.2 cm³/mol. The first kappa shape index (κ1) is 12.9. The summed E-state index contributed by atoms with van der Waals surface area (Å²) in [5.41, 5.74) is 10.2. The first-order valence-electron chi connectivity index (χ1n) is 7.67. The van der Waals surface area contributed by atoms with Gasteiger partial charge in [-0.25, -0.2) is 0 Å². The molecule has 1 saturated carbocycles. The molecule has 2 N–H and O–H groups in total. The maximum absolute atomic E-state index is 9.28. The molecule has 0 amide bonds. The first-order chi connectivity index (χ1) is 10.3. The molecule has 4 rings (SSSR count). The molecule has 108 valence electrons. The summed E-state index contributed by atoms with van der Waals surface area (Å²) in [6.07, 6.45) is 10.5. The zero-order valence-electron chi connectivity index (χ0n) is 11.9. The van der Waals surface area contributed by atoms with E-state index in [2.05, 4.69) is 16.9 Å². The number of aromatic nitrogens is 2. The van der Waals surface area contributed by atoms with E-state index in [0.717, 1.165) is 18.4 Å². The van der Waals surface area contributed by atoms with Crippen LogP contribution in [0.5, 0.6) is 0 Å². The number of nitrogens with zero attached hydrogens (tertiary/aromatic N) is 3. The van der Waals surface area contributed by atoms with Gasteiger partial charge in [0.15, 0.2) is 0 Å². The number of fused-ring (bicyclic) bond motifs is 3. The van der Waals surface area contributed by atoms with Crippen LogP contribution in [0.15, 0.2) is 6.20 Å². The van der Waals surface area contributed by atoms with Crippen LogP contribution in [0, 0.1) is 11.3 Å². The fourth-order valence-corrected chi connectivity index (χ4v) is 4.74. The minimum absolute atomic E-state index is 0.556. The van der Waals surface area contributed by atoms with Crippen molar-refractivity contribution in [3.8, 4) is 16.5 Å². The van der Waals surface area contributed by atoms with Gasteiger partial charge in [-0.05, 0) is 31.2 Å². The van der Waals surface area contributed by atoms with Gasteiger partial charge in [-0.1, -0.05) is 19.3 Å². The Kier molecular flexibility index (Phi) is 3.00. The average molecular weight is 298 g/mol. The van der Waals surface area contributed by atoms with Crippen molar-refractivity contribution in [1.82, 2.24) is 9.78 Å². The van der Waals surface area contributed by atoms with Crippen LogP contribution in [0.3, 0.4) is 0 Å². The molecule has 4 nitrogen and oxygen atoms in total. The van der Waals surface area contributed by atoms with Gasteiger partial charge in [-0.2, -0.15) is 10.4 Å². The van der Waals surface area contributed by atoms with E-state index in [0.29, 0.717) is 16.6 Å². The van der Waals surface area contributed by atoms with E-state index in [1.807, 2.05) is 0 Å². The molecule has 0 unspecified atom stereocenters. The lowest BCUT2D eigenvalue weighted by Crippen LogP contribution is -2.13. The molecule has 2 heterocycles. The maximum Gasteiger partial charge on any atom is 0.105 e. The highest BCUT2D eigenvalue weighted by molar-refractivity contribution is 7.19. The molecule has 0 atom stereocenters. The largest absolute Gasteiger partial charge is 0.389 e. The van der Waals surface area contributed by atoms with Crippen LogP contribution in [-0.4, -0.2) is 9.78 Å². The Morgan fingerprint density at radius 2 is 2.10 bits per heavy atom. The number of hydrogen-bond donors (Lipinski definition) is 1. The Hall–Kier alpha value is -1.80. The summed E-state index contributed by atoms with van der Waals surface area (Å²) in [6, 6.07) is 2.82. The summed E-state index contributed by atoms with van der Waals surface area (Å²) in [7, 11) is 0. The molecule has 2 aliphatic rings. The van der Waals surface area contributed by atoms with E-state index in [1.165, 1.54) is 48.2 Å². The first-order valence-corrected chi connectivity index (χ1v) is 8.49. The average Bonchev–Trinajstić information content (AvgIpc) is 3.08. The second-order valence-corrected chi connectivity index (χ2v) is 7.07. The highest BCUT2D eigenvalue weighted by Gasteiger charge is 2.27. The fraction of sp³-hybridized carbons (Fsp3) is 0.500. The van der Waals surface area contributed by atoms with Crippen molar-refractivity contribution in [3.05, 3.63) is 23.0 Å². The number of thiophene rings is 1. The van der Waals surface area contributed by atoms with E-state index in [1.54, 1.807) is 11.3 Å². The van der Waals surface area contributed by atoms with Gasteiger partial charge in [0, 0.05) is 16.6 Å². The van der Waals surface area contributed by atoms with Crippen molar-refractivity contribution < 1.29 is 0 Å². The van der Waals surface area contributed by atoms with Gasteiger partial charge in [0.2, 0.25) is 0 Å². The fourth-order valence-electron chi connectivity index (χ4n) is 3.64. The van der Waals surface area contributed by atoms with Gasteiger partial charge in [0.05, 0.1) is 17.3 Å². The van der Waals surface area contributed by atoms with Gasteiger partial charge in [-0.15, -0.1) is 11.3 Å². The molecule has 5 heteroatoms. The number of hydrogen-bond acceptors (Lipinski definition) is 4. The molecular formula is C16H18N4S. The van der Waals surface area contributed by atoms with Crippen LogP contribution in [-0.2, 0) is 12.8 Å². The monoisotopic (exact) mass is 298 g/mol. The minimum Gasteiger partial charge on any atom is -0.389 e. The second-order valence-electron chi connectivity index (χ2n) is 6.02. The summed E-state index contributed by atoms with van der Waals surface area (Å²) in [5, 5.41) is 14.8. The molecule has 1 fully saturated rings. The zero-order valence-corrected chi connectivity index (χ0v) is 12.7. The number of nitrogens with two attached hydrogens (primary N) is 1. The van der Waals surface area contributed by atoms with Gasteiger partial charge in [-0.3, -0.25) is 4.68 Å². The number of aryl methyl sites for hydroxylation is 1. The number of anilines is 1. The van der Waals surface area contributed by atoms with E-state index in [-0.39, 0.29) is 0 Å². The van der Waals surface area contributed by atoms with Crippen molar-refractivity contribution in [1.29, 1.82) is 5.26 Å². The maximum atomic E-state index is 9.28. The Balaban J connectivity index is 1.77. The van der Waals surface area contributed by atoms with Crippen LogP contribution in [0.1, 0.15) is 55.0 Å². The topological polar surface area (TPSA) is 67.6 Å². The van der Waals surface area contributed by atoms with Gasteiger partial charge >= 0.3 is 0 Å². The third-order valence-corrected chi connectivity index (χ3v) is 5.85. The lowest BCUT2D eigenvalue weighted by molar-refractivity contribution is 0.328. The third-order valence-electron chi connectivity index (χ3n) is 4.76. The Labute approximate surface area is 128 Å². The molecule has 0 spiro atoms. The lowest BCUT2D eigenvalue weighted by Gasteiger charge is -2.21. The highest BCUT2D eigenvalue weighted by Crippen LogP contribution is 2.44. The second kappa shape index (κ2) is 4.88. The molecule has 0 aliphatic heterocycles. The lowest BCUT2D eigenvalue weighted by atomic mass is 9.94. The quantitative estimate of drug-likeness (QED) is 0.873. The van der Waals surface area contributed by atoms with Gasteiger partial charge < -0.3 is 5.73 Å². The molecule has 0 bridgehead atoms. The van der Waals surface area contributed by atoms with Gasteiger partial charge in [0.1, 0.15) is 11.1 Å². The van der Waals surface area contributed by atoms with Crippen molar-refractivity contribution in [3.63, 3.8) is 0 Å². The molecule has 2 aliphatic carbocycles. The summed E-state index contributed by atoms with van der Waals surface area (Å²) in [6.45, 7) is 0. The Morgan fingerprint density at radius 3 is 2.86 bits per heavy atom. The van der Waals surface area contributed by atoms with Crippen LogP contribution in [0.4, 0.5) is 5.00 Å². The molecule has 0 aromatic carbocycles. The molecule has 2 aromatic rings. The summed E-state index contributed by atoms with van der Waals surface area (Å²) < 4.78 is 2.18. The normalized spacial score (nSPS) is 18.0. The van der Waals surface area contributed by atoms with Crippen molar-refractivity contribution in [2.75, 3.05) is 5.73 Å². The summed E-state index contributed by atoms with van der Waals surface area (Å²) in [4.78, 5) is 1.17. The predicted octanol–water partition coefficient (Wildman–Crippen LogP) is 3.67. The third kappa shape index (κ3) is 1.97. The molecule has 0 radical (unpaired) electrons. The Morgan fingerprint density at radius 1 is 1.29 bits per heavy atom. The van der Waals surface area contributed by atoms with Gasteiger partial charge in [0.25, 0.3) is 0 Å². The van der Waals surface area contributed by atoms with E-state index < -0.39 is 0 Å². The van der Waals surface area contributed by atoms with Crippen molar-refractivity contribution >= 4 is 16.3 Å².